The van der Waals surface area contributed by atoms with Gasteiger partial charge in [-0.3, -0.25) is 14.2 Å². The number of rotatable bonds is 12. The fraction of sp³-hybridized carbons (Fsp3) is 0.233. The molecule has 17 nitrogen and oxygen atoms in total. The molecule has 2 aliphatic heterocycles. The van der Waals surface area contributed by atoms with E-state index in [2.05, 4.69) is 30.2 Å². The molecule has 6 aromatic heterocycles. The summed E-state index contributed by atoms with van der Waals surface area (Å²) in [5.74, 6) is -1.14. The Bertz CT molecular complexity index is 2670. The number of benzene rings is 2. The number of ketones is 1. The molecular weight excluding hydrogens is 799 g/mol. The molecule has 0 bridgehead atoms. The second-order valence-electron chi connectivity index (χ2n) is 14.8. The Morgan fingerprint density at radius 3 is 1.42 bits per heavy atom. The molecule has 2 aliphatic rings. The van der Waals surface area contributed by atoms with Crippen LogP contribution in [0.15, 0.2) is 110 Å². The molecule has 0 N–H and O–H groups in total. The van der Waals surface area contributed by atoms with Gasteiger partial charge in [-0.25, -0.2) is 18.7 Å². The molecule has 0 spiro atoms. The third kappa shape index (κ3) is 7.47. The highest BCUT2D eigenvalue weighted by Gasteiger charge is 2.36. The predicted octanol–water partition coefficient (Wildman–Crippen LogP) is 5.22. The summed E-state index contributed by atoms with van der Waals surface area (Å²) in [6, 6.07) is 19.9. The maximum Gasteiger partial charge on any atom is 0.234 e. The minimum Gasteiger partial charge on any atom is -0.355 e. The van der Waals surface area contributed by atoms with Crippen LogP contribution in [-0.4, -0.2) is 104 Å². The first kappa shape index (κ1) is 38.7. The van der Waals surface area contributed by atoms with Crippen LogP contribution < -0.4 is 9.80 Å². The molecule has 10 rings (SSSR count). The third-order valence-corrected chi connectivity index (χ3v) is 10.7. The lowest BCUT2D eigenvalue weighted by molar-refractivity contribution is 0.0956. The first-order valence-electron chi connectivity index (χ1n) is 19.9. The van der Waals surface area contributed by atoms with Crippen LogP contribution in [0.1, 0.15) is 27.6 Å². The lowest BCUT2D eigenvalue weighted by atomic mass is 10.1. The zero-order chi connectivity index (χ0) is 42.3. The molecule has 2 aromatic carbocycles. The van der Waals surface area contributed by atoms with Crippen molar-refractivity contribution in [3.05, 3.63) is 144 Å². The fourth-order valence-corrected chi connectivity index (χ4v) is 7.91. The Morgan fingerprint density at radius 2 is 1.02 bits per heavy atom. The van der Waals surface area contributed by atoms with Crippen LogP contribution >= 0.6 is 0 Å². The molecule has 62 heavy (non-hydrogen) atoms. The van der Waals surface area contributed by atoms with E-state index in [1.54, 1.807) is 33.6 Å². The molecule has 0 saturated carbocycles. The standard InChI is InChI=1S/C43H38F2N14O3/c1-27-23-35(56-19-21-61-37(56)25-54-17-11-33(52-54)29-3-7-31(44)8-4-29)41(58-46-13-14-47-58)39(50-27)43(60)40-42(59-48-15-16-49-59)36(24-28(2)51-40)57-20-22-62-38(57)26-55-18-12-34(53-55)30-5-9-32(45)10-6-30/h3-18,23-24,37-38H,19-22,25-26H2,1-2H3. The number of carbonyl (C=O) groups is 1. The van der Waals surface area contributed by atoms with Crippen LogP contribution in [0.25, 0.3) is 33.9 Å². The van der Waals surface area contributed by atoms with Crippen molar-refractivity contribution in [1.82, 2.24) is 59.5 Å². The largest absolute Gasteiger partial charge is 0.355 e. The first-order chi connectivity index (χ1) is 30.3. The van der Waals surface area contributed by atoms with Crippen molar-refractivity contribution in [3.63, 3.8) is 0 Å². The van der Waals surface area contributed by atoms with Gasteiger partial charge in [0.25, 0.3) is 0 Å². The fourth-order valence-electron chi connectivity index (χ4n) is 7.91. The van der Waals surface area contributed by atoms with E-state index in [-0.39, 0.29) is 23.0 Å². The van der Waals surface area contributed by atoms with Crippen molar-refractivity contribution in [2.75, 3.05) is 36.1 Å². The van der Waals surface area contributed by atoms with E-state index in [9.17, 15) is 8.78 Å². The number of aromatic nitrogens is 12. The summed E-state index contributed by atoms with van der Waals surface area (Å²) < 4.78 is 43.4. The molecule has 312 valence electrons. The van der Waals surface area contributed by atoms with Gasteiger partial charge in [-0.1, -0.05) is 0 Å². The quantitative estimate of drug-likeness (QED) is 0.147. The van der Waals surface area contributed by atoms with E-state index in [4.69, 9.17) is 29.6 Å². The summed E-state index contributed by atoms with van der Waals surface area (Å²) in [6.07, 6.45) is 8.87. The molecule has 8 aromatic rings. The van der Waals surface area contributed by atoms with Gasteiger partial charge in [0, 0.05) is 48.0 Å². The number of nitrogens with zero attached hydrogens (tertiary/aromatic N) is 14. The number of anilines is 2. The van der Waals surface area contributed by atoms with Crippen molar-refractivity contribution in [2.24, 2.45) is 0 Å². The smallest absolute Gasteiger partial charge is 0.234 e. The van der Waals surface area contributed by atoms with Gasteiger partial charge in [0.2, 0.25) is 5.78 Å². The summed E-state index contributed by atoms with van der Waals surface area (Å²) in [5, 5.41) is 27.4. The molecule has 19 heteroatoms. The lowest BCUT2D eigenvalue weighted by Crippen LogP contribution is -2.36. The lowest BCUT2D eigenvalue weighted by Gasteiger charge is -2.29. The highest BCUT2D eigenvalue weighted by atomic mass is 19.1. The Kier molecular flexibility index (Phi) is 10.1. The van der Waals surface area contributed by atoms with Gasteiger partial charge in [-0.05, 0) is 86.6 Å². The highest BCUT2D eigenvalue weighted by Crippen LogP contribution is 2.36. The average Bonchev–Trinajstić information content (AvgIpc) is 4.13. The minimum atomic E-state index is -0.500. The Balaban J connectivity index is 1.01. The summed E-state index contributed by atoms with van der Waals surface area (Å²) in [7, 11) is 0. The molecular formula is C43H38F2N14O3. The maximum atomic E-state index is 15.3. The molecule has 2 fully saturated rings. The van der Waals surface area contributed by atoms with Crippen molar-refractivity contribution >= 4 is 17.2 Å². The normalized spacial score (nSPS) is 16.5. The Labute approximate surface area is 352 Å². The number of hydrogen-bond acceptors (Lipinski definition) is 13. The van der Waals surface area contributed by atoms with Crippen molar-refractivity contribution in [1.29, 1.82) is 0 Å². The maximum absolute atomic E-state index is 15.3. The molecule has 8 heterocycles. The van der Waals surface area contributed by atoms with Crippen molar-refractivity contribution in [3.8, 4) is 33.9 Å². The second kappa shape index (κ2) is 16.2. The highest BCUT2D eigenvalue weighted by molar-refractivity contribution is 6.12. The molecule has 2 atom stereocenters. The first-order valence-corrected chi connectivity index (χ1v) is 19.9. The number of ether oxygens (including phenoxy) is 2. The number of aryl methyl sites for hydroxylation is 2. The van der Waals surface area contributed by atoms with E-state index in [0.717, 1.165) is 11.1 Å². The van der Waals surface area contributed by atoms with Crippen molar-refractivity contribution < 1.29 is 23.0 Å². The topological polar surface area (TPSA) is 165 Å². The van der Waals surface area contributed by atoms with Gasteiger partial charge < -0.3 is 19.3 Å². The van der Waals surface area contributed by atoms with Gasteiger partial charge in [0.05, 0.1) is 73.9 Å². The number of pyridine rings is 2. The summed E-state index contributed by atoms with van der Waals surface area (Å²) >= 11 is 0. The second-order valence-corrected chi connectivity index (χ2v) is 14.8. The SMILES string of the molecule is Cc1cc(N2CCOC2Cn2ccc(-c3ccc(F)cc3)n2)c(-n2nccn2)c(C(=O)c2nc(C)cc(N3CCOC3Cn3ccc(-c4ccc(F)cc4)n3)c2-n2nccn2)n1. The number of carbonyl (C=O) groups excluding carboxylic acids is 1. The van der Waals surface area contributed by atoms with E-state index >= 15 is 4.79 Å². The zero-order valence-electron chi connectivity index (χ0n) is 33.5. The van der Waals surface area contributed by atoms with E-state index in [1.165, 1.54) is 58.6 Å². The number of hydrogen-bond donors (Lipinski definition) is 0. The third-order valence-electron chi connectivity index (χ3n) is 10.7. The van der Waals surface area contributed by atoms with E-state index in [1.807, 2.05) is 50.5 Å². The van der Waals surface area contributed by atoms with E-state index in [0.29, 0.717) is 84.9 Å². The van der Waals surface area contributed by atoms with Gasteiger partial charge in [-0.15, -0.1) is 9.59 Å². The monoisotopic (exact) mass is 836 g/mol. The van der Waals surface area contributed by atoms with Gasteiger partial charge in [-0.2, -0.15) is 30.6 Å². The van der Waals surface area contributed by atoms with Crippen LogP contribution in [0, 0.1) is 25.5 Å². The van der Waals surface area contributed by atoms with Crippen LogP contribution in [0.3, 0.4) is 0 Å². The molecule has 0 radical (unpaired) electrons. The van der Waals surface area contributed by atoms with Gasteiger partial charge in [0.15, 0.2) is 0 Å². The zero-order valence-corrected chi connectivity index (χ0v) is 33.5. The molecule has 0 amide bonds. The minimum absolute atomic E-state index is 0.0658. The summed E-state index contributed by atoms with van der Waals surface area (Å²) in [5.41, 5.74) is 6.18. The van der Waals surface area contributed by atoms with E-state index < -0.39 is 18.2 Å². The van der Waals surface area contributed by atoms with Crippen LogP contribution in [0.2, 0.25) is 0 Å². The average molecular weight is 837 g/mol. The number of halogens is 2. The van der Waals surface area contributed by atoms with Gasteiger partial charge in [0.1, 0.15) is 46.9 Å². The summed E-state index contributed by atoms with van der Waals surface area (Å²) in [6.45, 7) is 6.16. The summed E-state index contributed by atoms with van der Waals surface area (Å²) in [4.78, 5) is 31.9. The van der Waals surface area contributed by atoms with Gasteiger partial charge >= 0.3 is 0 Å². The van der Waals surface area contributed by atoms with Crippen LogP contribution in [0.5, 0.6) is 0 Å². The van der Waals surface area contributed by atoms with Crippen LogP contribution in [-0.2, 0) is 22.6 Å². The Morgan fingerprint density at radius 1 is 0.613 bits per heavy atom. The predicted molar refractivity (Wildman–Crippen MR) is 221 cm³/mol. The molecule has 2 unspecified atom stereocenters. The van der Waals surface area contributed by atoms with Crippen LogP contribution in [0.4, 0.5) is 20.2 Å². The molecule has 0 aliphatic carbocycles. The molecule has 2 saturated heterocycles. The Hall–Kier alpha value is -7.51. The van der Waals surface area contributed by atoms with Crippen molar-refractivity contribution in [2.45, 2.75) is 39.4 Å².